The minimum absolute atomic E-state index is 0.166. The lowest BCUT2D eigenvalue weighted by Crippen LogP contribution is -2.32. The maximum absolute atomic E-state index is 9.10. The summed E-state index contributed by atoms with van der Waals surface area (Å²) in [5.74, 6) is 0. The van der Waals surface area contributed by atoms with Crippen LogP contribution in [0.5, 0.6) is 0 Å². The van der Waals surface area contributed by atoms with Gasteiger partial charge < -0.3 is 0 Å². The lowest BCUT2D eigenvalue weighted by molar-refractivity contribution is 0.324. The zero-order valence-corrected chi connectivity index (χ0v) is 15.8. The summed E-state index contributed by atoms with van der Waals surface area (Å²) < 4.78 is 2.12. The molecule has 116 valence electrons. The van der Waals surface area contributed by atoms with Gasteiger partial charge in [0.05, 0.1) is 24.0 Å². The van der Waals surface area contributed by atoms with Crippen LogP contribution < -0.4 is 0 Å². The van der Waals surface area contributed by atoms with Gasteiger partial charge in [-0.05, 0) is 54.7 Å². The van der Waals surface area contributed by atoms with Crippen LogP contribution in [0.3, 0.4) is 0 Å². The molecular weight excluding hydrogens is 416 g/mol. The third-order valence-corrected chi connectivity index (χ3v) is 5.07. The quantitative estimate of drug-likeness (QED) is 0.593. The number of benzene rings is 2. The summed E-state index contributed by atoms with van der Waals surface area (Å²) in [6, 6.07) is 20.4. The molecule has 0 saturated heterocycles. The van der Waals surface area contributed by atoms with Crippen molar-refractivity contribution < 1.29 is 0 Å². The SMILES string of the molecule is N#CC1(c2ccc(Br)cc2)CCC1.N#CCc1ccc(Br)cc1. The molecule has 1 saturated carbocycles. The fraction of sp³-hybridized carbons (Fsp3) is 0.263. The normalized spacial score (nSPS) is 14.4. The molecule has 0 amide bonds. The number of nitriles is 2. The average Bonchev–Trinajstić information content (AvgIpc) is 2.52. The molecular formula is C19H16Br2N2. The standard InChI is InChI=1S/C11H10BrN.C8H6BrN/c12-10-4-2-9(3-5-10)11(8-13)6-1-7-11;9-8-3-1-7(2-4-8)5-6-10/h2-5H,1,6-7H2;1-4H,5H2. The van der Waals surface area contributed by atoms with E-state index >= 15 is 0 Å². The van der Waals surface area contributed by atoms with Crippen molar-refractivity contribution in [3.8, 4) is 12.1 Å². The molecule has 2 nitrogen and oxygen atoms in total. The Balaban J connectivity index is 0.000000174. The number of rotatable bonds is 2. The summed E-state index contributed by atoms with van der Waals surface area (Å²) in [5.41, 5.74) is 2.07. The van der Waals surface area contributed by atoms with Crippen LogP contribution >= 0.6 is 31.9 Å². The van der Waals surface area contributed by atoms with E-state index in [2.05, 4.69) is 44.0 Å². The first kappa shape index (κ1) is 17.7. The van der Waals surface area contributed by atoms with Gasteiger partial charge in [-0.15, -0.1) is 0 Å². The third kappa shape index (κ3) is 4.67. The Kier molecular flexibility index (Phi) is 6.39. The van der Waals surface area contributed by atoms with Crippen LogP contribution in [0.15, 0.2) is 57.5 Å². The highest BCUT2D eigenvalue weighted by atomic mass is 79.9. The van der Waals surface area contributed by atoms with Crippen molar-refractivity contribution in [3.05, 3.63) is 68.6 Å². The van der Waals surface area contributed by atoms with Crippen molar-refractivity contribution in [1.82, 2.24) is 0 Å². The van der Waals surface area contributed by atoms with Crippen molar-refractivity contribution in [2.24, 2.45) is 0 Å². The van der Waals surface area contributed by atoms with E-state index in [-0.39, 0.29) is 5.41 Å². The van der Waals surface area contributed by atoms with Crippen molar-refractivity contribution in [3.63, 3.8) is 0 Å². The zero-order valence-electron chi connectivity index (χ0n) is 12.6. The Hall–Kier alpha value is -1.62. The van der Waals surface area contributed by atoms with Crippen LogP contribution in [-0.4, -0.2) is 0 Å². The second-order valence-electron chi connectivity index (χ2n) is 5.52. The van der Waals surface area contributed by atoms with Gasteiger partial charge in [-0.25, -0.2) is 0 Å². The van der Waals surface area contributed by atoms with Gasteiger partial charge in [0.15, 0.2) is 0 Å². The van der Waals surface area contributed by atoms with E-state index in [9.17, 15) is 0 Å². The minimum atomic E-state index is -0.166. The van der Waals surface area contributed by atoms with Crippen molar-refractivity contribution in [2.45, 2.75) is 31.1 Å². The fourth-order valence-electron chi connectivity index (χ4n) is 2.46. The second kappa shape index (κ2) is 8.29. The molecule has 1 aliphatic rings. The van der Waals surface area contributed by atoms with Gasteiger partial charge in [0.2, 0.25) is 0 Å². The summed E-state index contributed by atoms with van der Waals surface area (Å²) in [4.78, 5) is 0. The molecule has 0 spiro atoms. The van der Waals surface area contributed by atoms with E-state index in [4.69, 9.17) is 10.5 Å². The number of nitrogens with zero attached hydrogens (tertiary/aromatic N) is 2. The molecule has 23 heavy (non-hydrogen) atoms. The van der Waals surface area contributed by atoms with Gasteiger partial charge in [-0.3, -0.25) is 0 Å². The maximum Gasteiger partial charge on any atom is 0.0822 e. The summed E-state index contributed by atoms with van der Waals surface area (Å²) >= 11 is 6.70. The molecule has 0 N–H and O–H groups in total. The largest absolute Gasteiger partial charge is 0.198 e. The highest BCUT2D eigenvalue weighted by Gasteiger charge is 2.38. The molecule has 0 unspecified atom stereocenters. The van der Waals surface area contributed by atoms with Crippen molar-refractivity contribution >= 4 is 31.9 Å². The Morgan fingerprint density at radius 3 is 1.78 bits per heavy atom. The molecule has 1 fully saturated rings. The summed E-state index contributed by atoms with van der Waals surface area (Å²) in [6.45, 7) is 0. The fourth-order valence-corrected chi connectivity index (χ4v) is 2.99. The van der Waals surface area contributed by atoms with Gasteiger partial charge >= 0.3 is 0 Å². The van der Waals surface area contributed by atoms with Crippen molar-refractivity contribution in [2.75, 3.05) is 0 Å². The topological polar surface area (TPSA) is 47.6 Å². The summed E-state index contributed by atoms with van der Waals surface area (Å²) in [5, 5.41) is 17.4. The van der Waals surface area contributed by atoms with Gasteiger partial charge in [0.1, 0.15) is 0 Å². The third-order valence-electron chi connectivity index (χ3n) is 4.01. The van der Waals surface area contributed by atoms with Gasteiger partial charge in [0.25, 0.3) is 0 Å². The predicted octanol–water partition coefficient (Wildman–Crippen LogP) is 5.91. The van der Waals surface area contributed by atoms with E-state index in [0.29, 0.717) is 6.42 Å². The van der Waals surface area contributed by atoms with Gasteiger partial charge in [-0.1, -0.05) is 56.1 Å². The van der Waals surface area contributed by atoms with Crippen LogP contribution in [0.25, 0.3) is 0 Å². The smallest absolute Gasteiger partial charge is 0.0822 e. The molecule has 4 heteroatoms. The molecule has 1 aliphatic carbocycles. The monoisotopic (exact) mass is 430 g/mol. The highest BCUT2D eigenvalue weighted by molar-refractivity contribution is 9.10. The molecule has 0 heterocycles. The Labute approximate surface area is 154 Å². The van der Waals surface area contributed by atoms with Crippen LogP contribution in [-0.2, 0) is 11.8 Å². The lowest BCUT2D eigenvalue weighted by atomic mass is 9.66. The van der Waals surface area contributed by atoms with E-state index in [1.165, 1.54) is 12.0 Å². The molecule has 3 rings (SSSR count). The maximum atomic E-state index is 9.10. The second-order valence-corrected chi connectivity index (χ2v) is 7.35. The predicted molar refractivity (Wildman–Crippen MR) is 98.7 cm³/mol. The summed E-state index contributed by atoms with van der Waals surface area (Å²) in [7, 11) is 0. The molecule has 0 aliphatic heterocycles. The van der Waals surface area contributed by atoms with Crippen LogP contribution in [0.2, 0.25) is 0 Å². The first-order valence-corrected chi connectivity index (χ1v) is 8.97. The number of hydrogen-bond donors (Lipinski definition) is 0. The average molecular weight is 432 g/mol. The Bertz CT molecular complexity index is 718. The van der Waals surface area contributed by atoms with E-state index in [1.807, 2.05) is 48.5 Å². The molecule has 0 radical (unpaired) electrons. The molecule has 2 aromatic rings. The zero-order chi connectivity index (χ0) is 16.7. The van der Waals surface area contributed by atoms with Crippen LogP contribution in [0.4, 0.5) is 0 Å². The molecule has 0 bridgehead atoms. The van der Waals surface area contributed by atoms with E-state index in [0.717, 1.165) is 27.4 Å². The minimum Gasteiger partial charge on any atom is -0.198 e. The number of hydrogen-bond acceptors (Lipinski definition) is 2. The molecule has 0 atom stereocenters. The van der Waals surface area contributed by atoms with Gasteiger partial charge in [0, 0.05) is 8.95 Å². The first-order chi connectivity index (χ1) is 11.1. The Morgan fingerprint density at radius 1 is 0.870 bits per heavy atom. The van der Waals surface area contributed by atoms with Crippen molar-refractivity contribution in [1.29, 1.82) is 10.5 Å². The van der Waals surface area contributed by atoms with E-state index < -0.39 is 0 Å². The molecule has 2 aromatic carbocycles. The number of halogens is 2. The molecule has 0 aromatic heterocycles. The highest BCUT2D eigenvalue weighted by Crippen LogP contribution is 2.43. The first-order valence-electron chi connectivity index (χ1n) is 7.38. The Morgan fingerprint density at radius 2 is 1.39 bits per heavy atom. The summed E-state index contributed by atoms with van der Waals surface area (Å²) in [6.07, 6.45) is 3.72. The van der Waals surface area contributed by atoms with E-state index in [1.54, 1.807) is 0 Å². The van der Waals surface area contributed by atoms with Crippen LogP contribution in [0.1, 0.15) is 30.4 Å². The van der Waals surface area contributed by atoms with Gasteiger partial charge in [-0.2, -0.15) is 10.5 Å². The lowest BCUT2D eigenvalue weighted by Gasteiger charge is -2.35. The van der Waals surface area contributed by atoms with Crippen LogP contribution in [0, 0.1) is 22.7 Å².